The number of hydrogen-bond donors (Lipinski definition) is 1. The molecule has 1 rings (SSSR count). The average molecular weight is 272 g/mol. The SMILES string of the molecule is COC(=O)C1CCN(C(=O)C(C(N)=S)C(C)C)C1. The van der Waals surface area contributed by atoms with E-state index in [-0.39, 0.29) is 28.7 Å². The summed E-state index contributed by atoms with van der Waals surface area (Å²) in [7, 11) is 1.36. The quantitative estimate of drug-likeness (QED) is 0.598. The minimum atomic E-state index is -0.448. The van der Waals surface area contributed by atoms with E-state index in [9.17, 15) is 9.59 Å². The zero-order chi connectivity index (χ0) is 13.9. The lowest BCUT2D eigenvalue weighted by atomic mass is 9.94. The lowest BCUT2D eigenvalue weighted by molar-refractivity contribution is -0.145. The van der Waals surface area contributed by atoms with Gasteiger partial charge < -0.3 is 15.4 Å². The number of likely N-dealkylation sites (tertiary alicyclic amines) is 1. The molecule has 0 spiro atoms. The maximum Gasteiger partial charge on any atom is 0.310 e. The van der Waals surface area contributed by atoms with Crippen molar-refractivity contribution < 1.29 is 14.3 Å². The number of nitrogens with zero attached hydrogens (tertiary/aromatic N) is 1. The summed E-state index contributed by atoms with van der Waals surface area (Å²) < 4.78 is 4.69. The van der Waals surface area contributed by atoms with Crippen molar-refractivity contribution in [3.05, 3.63) is 0 Å². The Labute approximate surface area is 113 Å². The van der Waals surface area contributed by atoms with E-state index in [4.69, 9.17) is 22.7 Å². The van der Waals surface area contributed by atoms with Crippen LogP contribution in [0.25, 0.3) is 0 Å². The van der Waals surface area contributed by atoms with Gasteiger partial charge in [0.25, 0.3) is 0 Å². The second kappa shape index (κ2) is 6.13. The second-order valence-corrected chi connectivity index (χ2v) is 5.39. The van der Waals surface area contributed by atoms with Crippen LogP contribution < -0.4 is 5.73 Å². The Morgan fingerprint density at radius 1 is 1.44 bits per heavy atom. The number of nitrogens with two attached hydrogens (primary N) is 1. The molecule has 2 atom stereocenters. The van der Waals surface area contributed by atoms with Gasteiger partial charge in [-0.05, 0) is 12.3 Å². The van der Waals surface area contributed by atoms with E-state index in [0.29, 0.717) is 19.5 Å². The second-order valence-electron chi connectivity index (χ2n) is 4.92. The number of amides is 1. The Kier molecular flexibility index (Phi) is 5.07. The molecule has 1 saturated heterocycles. The van der Waals surface area contributed by atoms with E-state index in [1.165, 1.54) is 7.11 Å². The van der Waals surface area contributed by atoms with Crippen LogP contribution in [0.2, 0.25) is 0 Å². The molecule has 2 N–H and O–H groups in total. The highest BCUT2D eigenvalue weighted by Gasteiger charge is 2.36. The van der Waals surface area contributed by atoms with Gasteiger partial charge in [-0.2, -0.15) is 0 Å². The molecule has 1 aliphatic heterocycles. The number of carbonyl (C=O) groups is 2. The van der Waals surface area contributed by atoms with Crippen LogP contribution in [0.4, 0.5) is 0 Å². The molecule has 0 radical (unpaired) electrons. The van der Waals surface area contributed by atoms with Crippen LogP contribution in [0.1, 0.15) is 20.3 Å². The third-order valence-electron chi connectivity index (χ3n) is 3.27. The Morgan fingerprint density at radius 2 is 2.06 bits per heavy atom. The standard InChI is InChI=1S/C12H20N2O3S/c1-7(2)9(10(13)18)11(15)14-5-4-8(6-14)12(16)17-3/h7-9H,4-6H2,1-3H3,(H2,13,18). The van der Waals surface area contributed by atoms with Crippen molar-refractivity contribution in [2.24, 2.45) is 23.5 Å². The zero-order valence-electron chi connectivity index (χ0n) is 11.0. The Morgan fingerprint density at radius 3 is 2.50 bits per heavy atom. The summed E-state index contributed by atoms with van der Waals surface area (Å²) in [5.74, 6) is -0.952. The van der Waals surface area contributed by atoms with E-state index < -0.39 is 5.92 Å². The van der Waals surface area contributed by atoms with Crippen molar-refractivity contribution >= 4 is 29.1 Å². The summed E-state index contributed by atoms with van der Waals surface area (Å²) in [5.41, 5.74) is 5.62. The van der Waals surface area contributed by atoms with Crippen LogP contribution in [-0.4, -0.2) is 42.0 Å². The fourth-order valence-corrected chi connectivity index (χ4v) is 2.62. The summed E-state index contributed by atoms with van der Waals surface area (Å²) in [5, 5.41) is 0. The number of thiocarbonyl (C=S) groups is 1. The minimum absolute atomic E-state index is 0.0622. The first-order chi connectivity index (χ1) is 8.38. The number of methoxy groups -OCH3 is 1. The van der Waals surface area contributed by atoms with Crippen molar-refractivity contribution in [2.45, 2.75) is 20.3 Å². The van der Waals surface area contributed by atoms with Crippen molar-refractivity contribution in [1.82, 2.24) is 4.90 Å². The van der Waals surface area contributed by atoms with Crippen LogP contribution in [0.15, 0.2) is 0 Å². The molecule has 0 saturated carbocycles. The molecule has 0 aromatic carbocycles. The molecule has 0 aromatic heterocycles. The van der Waals surface area contributed by atoms with Crippen LogP contribution in [0.5, 0.6) is 0 Å². The average Bonchev–Trinajstić information content (AvgIpc) is 2.76. The van der Waals surface area contributed by atoms with Crippen LogP contribution in [-0.2, 0) is 14.3 Å². The van der Waals surface area contributed by atoms with E-state index in [2.05, 4.69) is 0 Å². The van der Waals surface area contributed by atoms with Crippen LogP contribution in [0, 0.1) is 17.8 Å². The van der Waals surface area contributed by atoms with Gasteiger partial charge >= 0.3 is 5.97 Å². The third-order valence-corrected chi connectivity index (χ3v) is 3.53. The van der Waals surface area contributed by atoms with E-state index in [1.807, 2.05) is 13.8 Å². The van der Waals surface area contributed by atoms with Crippen molar-refractivity contribution in [1.29, 1.82) is 0 Å². The van der Waals surface area contributed by atoms with Gasteiger partial charge in [0, 0.05) is 13.1 Å². The number of ether oxygens (including phenoxy) is 1. The summed E-state index contributed by atoms with van der Waals surface area (Å²) in [6.45, 7) is 4.78. The maximum absolute atomic E-state index is 12.3. The molecule has 1 amide bonds. The first-order valence-electron chi connectivity index (χ1n) is 6.04. The molecule has 0 aromatic rings. The Hall–Kier alpha value is -1.17. The Balaban J connectivity index is 2.69. The predicted molar refractivity (Wildman–Crippen MR) is 71.8 cm³/mol. The summed E-state index contributed by atoms with van der Waals surface area (Å²) in [6.07, 6.45) is 0.639. The van der Waals surface area contributed by atoms with Gasteiger partial charge in [0.1, 0.15) is 0 Å². The maximum atomic E-state index is 12.3. The normalized spacial score (nSPS) is 20.9. The summed E-state index contributed by atoms with van der Waals surface area (Å²) >= 11 is 4.95. The predicted octanol–water partition coefficient (Wildman–Crippen LogP) is 0.566. The summed E-state index contributed by atoms with van der Waals surface area (Å²) in [6, 6.07) is 0. The molecule has 6 heteroatoms. The molecular formula is C12H20N2O3S. The van der Waals surface area contributed by atoms with Gasteiger partial charge in [-0.25, -0.2) is 0 Å². The minimum Gasteiger partial charge on any atom is -0.469 e. The van der Waals surface area contributed by atoms with Crippen molar-refractivity contribution in [3.8, 4) is 0 Å². The van der Waals surface area contributed by atoms with Gasteiger partial charge in [-0.1, -0.05) is 26.1 Å². The number of rotatable bonds is 4. The molecule has 5 nitrogen and oxygen atoms in total. The molecule has 2 unspecified atom stereocenters. The molecule has 1 heterocycles. The molecule has 18 heavy (non-hydrogen) atoms. The third kappa shape index (κ3) is 3.19. The first kappa shape index (κ1) is 14.9. The lowest BCUT2D eigenvalue weighted by Gasteiger charge is -2.25. The first-order valence-corrected chi connectivity index (χ1v) is 6.45. The monoisotopic (exact) mass is 272 g/mol. The molecule has 102 valence electrons. The smallest absolute Gasteiger partial charge is 0.310 e. The van der Waals surface area contributed by atoms with Crippen LogP contribution >= 0.6 is 12.2 Å². The van der Waals surface area contributed by atoms with Gasteiger partial charge in [0.2, 0.25) is 5.91 Å². The number of esters is 1. The van der Waals surface area contributed by atoms with Gasteiger partial charge in [0.15, 0.2) is 0 Å². The molecular weight excluding hydrogens is 252 g/mol. The van der Waals surface area contributed by atoms with E-state index >= 15 is 0 Å². The van der Waals surface area contributed by atoms with Gasteiger partial charge in [0.05, 0.1) is 23.9 Å². The topological polar surface area (TPSA) is 72.6 Å². The Bertz CT molecular complexity index is 357. The van der Waals surface area contributed by atoms with Crippen molar-refractivity contribution in [2.75, 3.05) is 20.2 Å². The molecule has 1 fully saturated rings. The van der Waals surface area contributed by atoms with E-state index in [0.717, 1.165) is 0 Å². The molecule has 0 bridgehead atoms. The largest absolute Gasteiger partial charge is 0.469 e. The fourth-order valence-electron chi connectivity index (χ4n) is 2.25. The summed E-state index contributed by atoms with van der Waals surface area (Å²) in [4.78, 5) is 25.6. The van der Waals surface area contributed by atoms with Gasteiger partial charge in [-0.3, -0.25) is 9.59 Å². The number of hydrogen-bond acceptors (Lipinski definition) is 4. The molecule has 0 aliphatic carbocycles. The molecule has 1 aliphatic rings. The lowest BCUT2D eigenvalue weighted by Crippen LogP contribution is -2.42. The van der Waals surface area contributed by atoms with E-state index in [1.54, 1.807) is 4.90 Å². The van der Waals surface area contributed by atoms with Crippen molar-refractivity contribution in [3.63, 3.8) is 0 Å². The zero-order valence-corrected chi connectivity index (χ0v) is 11.8. The van der Waals surface area contributed by atoms with Crippen LogP contribution in [0.3, 0.4) is 0 Å². The highest BCUT2D eigenvalue weighted by Crippen LogP contribution is 2.22. The highest BCUT2D eigenvalue weighted by atomic mass is 32.1. The fraction of sp³-hybridized carbons (Fsp3) is 0.750. The highest BCUT2D eigenvalue weighted by molar-refractivity contribution is 7.80. The number of carbonyl (C=O) groups excluding carboxylic acids is 2. The van der Waals surface area contributed by atoms with Gasteiger partial charge in [-0.15, -0.1) is 0 Å².